The molecule has 1 heterocycles. The number of rotatable bonds is 1. The molecule has 0 fully saturated rings. The van der Waals surface area contributed by atoms with Crippen LogP contribution in [-0.2, 0) is 0 Å². The third-order valence-electron chi connectivity index (χ3n) is 2.18. The van der Waals surface area contributed by atoms with E-state index in [9.17, 15) is 9.18 Å². The fraction of sp³-hybridized carbons (Fsp3) is 0. The summed E-state index contributed by atoms with van der Waals surface area (Å²) in [5.41, 5.74) is 4.45. The Morgan fingerprint density at radius 2 is 2.12 bits per heavy atom. The number of hydrogen-bond acceptors (Lipinski definition) is 4. The smallest absolute Gasteiger partial charge is 0.270 e. The molecule has 1 aromatic carbocycles. The molecular weight excluding hydrogens is 223 g/mol. The van der Waals surface area contributed by atoms with Crippen LogP contribution in [0.2, 0.25) is 0 Å². The molecule has 3 N–H and O–H groups in total. The molecule has 5 nitrogen and oxygen atoms in total. The van der Waals surface area contributed by atoms with Crippen LogP contribution < -0.4 is 11.3 Å². The van der Waals surface area contributed by atoms with E-state index < -0.39 is 11.4 Å². The molecule has 0 aliphatic heterocycles. The maximum atomic E-state index is 13.6. The molecule has 2 rings (SSSR count). The number of nitrogens with two attached hydrogens (primary N) is 1. The molecule has 0 atom stereocenters. The lowest BCUT2D eigenvalue weighted by Crippen LogP contribution is -2.16. The van der Waals surface area contributed by atoms with Gasteiger partial charge in [0.1, 0.15) is 23.1 Å². The van der Waals surface area contributed by atoms with Crippen LogP contribution in [0.1, 0.15) is 5.56 Å². The number of aromatic nitrogens is 2. The van der Waals surface area contributed by atoms with Gasteiger partial charge in [-0.15, -0.1) is 0 Å². The number of benzene rings is 1. The van der Waals surface area contributed by atoms with E-state index in [0.717, 1.165) is 0 Å². The molecule has 84 valence electrons. The summed E-state index contributed by atoms with van der Waals surface area (Å²) in [6.07, 6.45) is 0. The van der Waals surface area contributed by atoms with Gasteiger partial charge >= 0.3 is 0 Å². The van der Waals surface area contributed by atoms with Gasteiger partial charge in [0.15, 0.2) is 0 Å². The summed E-state index contributed by atoms with van der Waals surface area (Å²) in [6.45, 7) is 0. The van der Waals surface area contributed by atoms with Crippen LogP contribution >= 0.6 is 0 Å². The minimum atomic E-state index is -0.682. The van der Waals surface area contributed by atoms with Crippen molar-refractivity contribution in [2.75, 3.05) is 5.73 Å². The topological polar surface area (TPSA) is 95.6 Å². The van der Waals surface area contributed by atoms with Gasteiger partial charge < -0.3 is 5.73 Å². The summed E-state index contributed by atoms with van der Waals surface area (Å²) in [4.78, 5) is 17.4. The van der Waals surface area contributed by atoms with Crippen LogP contribution in [-0.4, -0.2) is 9.97 Å². The third kappa shape index (κ3) is 1.86. The molecule has 0 unspecified atom stereocenters. The van der Waals surface area contributed by atoms with Crippen molar-refractivity contribution in [2.45, 2.75) is 0 Å². The van der Waals surface area contributed by atoms with Gasteiger partial charge in [-0.3, -0.25) is 9.78 Å². The van der Waals surface area contributed by atoms with Gasteiger partial charge in [-0.25, -0.2) is 9.37 Å². The third-order valence-corrected chi connectivity index (χ3v) is 2.18. The molecular formula is C11H7FN4O. The van der Waals surface area contributed by atoms with Gasteiger partial charge in [0.2, 0.25) is 5.95 Å². The van der Waals surface area contributed by atoms with E-state index >= 15 is 0 Å². The second-order valence-corrected chi connectivity index (χ2v) is 3.27. The zero-order valence-electron chi connectivity index (χ0n) is 8.57. The molecule has 1 aromatic heterocycles. The molecule has 0 amide bonds. The van der Waals surface area contributed by atoms with Crippen LogP contribution in [0.3, 0.4) is 0 Å². The van der Waals surface area contributed by atoms with Gasteiger partial charge in [0.05, 0.1) is 0 Å². The zero-order valence-corrected chi connectivity index (χ0v) is 8.57. The van der Waals surface area contributed by atoms with Gasteiger partial charge in [0.25, 0.3) is 5.56 Å². The number of aromatic amines is 1. The highest BCUT2D eigenvalue weighted by molar-refractivity contribution is 5.67. The van der Waals surface area contributed by atoms with Crippen LogP contribution in [0.15, 0.2) is 29.1 Å². The second kappa shape index (κ2) is 4.06. The van der Waals surface area contributed by atoms with E-state index in [0.29, 0.717) is 0 Å². The predicted octanol–water partition coefficient (Wildman–Crippen LogP) is 1.03. The van der Waals surface area contributed by atoms with Gasteiger partial charge in [-0.05, 0) is 12.1 Å². The van der Waals surface area contributed by atoms with Crippen LogP contribution in [0.5, 0.6) is 0 Å². The van der Waals surface area contributed by atoms with Crippen molar-refractivity contribution in [1.82, 2.24) is 9.97 Å². The Morgan fingerprint density at radius 1 is 1.41 bits per heavy atom. The predicted molar refractivity (Wildman–Crippen MR) is 59.4 cm³/mol. The molecule has 0 bridgehead atoms. The zero-order chi connectivity index (χ0) is 12.4. The number of hydrogen-bond donors (Lipinski definition) is 2. The second-order valence-electron chi connectivity index (χ2n) is 3.27. The maximum Gasteiger partial charge on any atom is 0.270 e. The molecule has 0 aliphatic rings. The van der Waals surface area contributed by atoms with E-state index in [1.54, 1.807) is 12.1 Å². The first-order chi connectivity index (χ1) is 8.13. The Labute approximate surface area is 95.4 Å². The summed E-state index contributed by atoms with van der Waals surface area (Å²) < 4.78 is 13.6. The Hall–Kier alpha value is -2.68. The Kier molecular flexibility index (Phi) is 2.58. The maximum absolute atomic E-state index is 13.6. The largest absolute Gasteiger partial charge is 0.369 e. The Balaban J connectivity index is 2.81. The fourth-order valence-corrected chi connectivity index (χ4v) is 1.44. The Bertz CT molecular complexity index is 672. The van der Waals surface area contributed by atoms with E-state index in [2.05, 4.69) is 9.97 Å². The van der Waals surface area contributed by atoms with Gasteiger partial charge in [-0.2, -0.15) is 5.26 Å². The summed E-state index contributed by atoms with van der Waals surface area (Å²) >= 11 is 0. The van der Waals surface area contributed by atoms with Crippen molar-refractivity contribution in [1.29, 1.82) is 5.26 Å². The number of nitrogen functional groups attached to an aromatic ring is 1. The molecule has 6 heteroatoms. The number of nitrogens with zero attached hydrogens (tertiary/aromatic N) is 2. The molecule has 0 radical (unpaired) electrons. The molecule has 0 saturated heterocycles. The normalized spacial score (nSPS) is 9.88. The quantitative estimate of drug-likeness (QED) is 0.764. The lowest BCUT2D eigenvalue weighted by Gasteiger charge is -2.04. The van der Waals surface area contributed by atoms with Crippen molar-refractivity contribution in [2.24, 2.45) is 0 Å². The van der Waals surface area contributed by atoms with Gasteiger partial charge in [-0.1, -0.05) is 12.1 Å². The molecule has 17 heavy (non-hydrogen) atoms. The van der Waals surface area contributed by atoms with Crippen LogP contribution in [0, 0.1) is 17.1 Å². The average molecular weight is 230 g/mol. The lowest BCUT2D eigenvalue weighted by molar-refractivity contribution is 0.630. The van der Waals surface area contributed by atoms with Crippen molar-refractivity contribution < 1.29 is 4.39 Å². The molecule has 0 aliphatic carbocycles. The first kappa shape index (κ1) is 10.8. The van der Waals surface area contributed by atoms with Crippen molar-refractivity contribution in [3.8, 4) is 17.3 Å². The SMILES string of the molecule is N#Cc1c(-c2ccccc2F)nc(N)[nH]c1=O. The number of anilines is 1. The number of H-pyrrole nitrogens is 1. The minimum absolute atomic E-state index is 0.0492. The lowest BCUT2D eigenvalue weighted by atomic mass is 10.1. The van der Waals surface area contributed by atoms with E-state index in [1.807, 2.05) is 0 Å². The highest BCUT2D eigenvalue weighted by atomic mass is 19.1. The van der Waals surface area contributed by atoms with Gasteiger partial charge in [0, 0.05) is 5.56 Å². The highest BCUT2D eigenvalue weighted by Gasteiger charge is 2.15. The van der Waals surface area contributed by atoms with E-state index in [4.69, 9.17) is 11.0 Å². The number of halogens is 1. The number of nitrogens with one attached hydrogen (secondary N) is 1. The highest BCUT2D eigenvalue weighted by Crippen LogP contribution is 2.22. The van der Waals surface area contributed by atoms with Crippen LogP contribution in [0.4, 0.5) is 10.3 Å². The van der Waals surface area contributed by atoms with Crippen LogP contribution in [0.25, 0.3) is 11.3 Å². The monoisotopic (exact) mass is 230 g/mol. The summed E-state index contributed by atoms with van der Waals surface area (Å²) in [5, 5.41) is 8.87. The van der Waals surface area contributed by atoms with E-state index in [1.165, 1.54) is 18.2 Å². The minimum Gasteiger partial charge on any atom is -0.369 e. The summed E-state index contributed by atoms with van der Waals surface area (Å²) in [5.74, 6) is -0.728. The Morgan fingerprint density at radius 3 is 2.76 bits per heavy atom. The number of nitriles is 1. The molecule has 0 saturated carbocycles. The van der Waals surface area contributed by atoms with Crippen molar-refractivity contribution in [3.05, 3.63) is 46.0 Å². The average Bonchev–Trinajstić information content (AvgIpc) is 2.28. The van der Waals surface area contributed by atoms with E-state index in [-0.39, 0.29) is 22.8 Å². The van der Waals surface area contributed by atoms with Crippen molar-refractivity contribution >= 4 is 5.95 Å². The summed E-state index contributed by atoms with van der Waals surface area (Å²) in [6, 6.07) is 7.42. The fourth-order valence-electron chi connectivity index (χ4n) is 1.44. The first-order valence-electron chi connectivity index (χ1n) is 4.68. The van der Waals surface area contributed by atoms with Crippen molar-refractivity contribution in [3.63, 3.8) is 0 Å². The summed E-state index contributed by atoms with van der Waals surface area (Å²) in [7, 11) is 0. The standard InChI is InChI=1S/C11H7FN4O/c12-8-4-2-1-3-6(8)9-7(5-13)10(17)16-11(14)15-9/h1-4H,(H3,14,15,16,17). The molecule has 0 spiro atoms. The molecule has 2 aromatic rings. The first-order valence-corrected chi connectivity index (χ1v) is 4.68.